The molecule has 2 N–H and O–H groups in total. The van der Waals surface area contributed by atoms with Crippen LogP contribution < -0.4 is 5.73 Å². The van der Waals surface area contributed by atoms with Crippen molar-refractivity contribution in [3.05, 3.63) is 45.2 Å². The van der Waals surface area contributed by atoms with Crippen molar-refractivity contribution >= 4 is 40.2 Å². The molecule has 0 aliphatic rings. The summed E-state index contributed by atoms with van der Waals surface area (Å²) in [4.78, 5) is 9.50. The average molecular weight is 405 g/mol. The van der Waals surface area contributed by atoms with Crippen LogP contribution >= 0.6 is 34.4 Å². The Hall–Kier alpha value is -0.930. The summed E-state index contributed by atoms with van der Waals surface area (Å²) in [6.07, 6.45) is 0. The molecule has 0 fully saturated rings. The number of aromatic nitrogens is 2. The van der Waals surface area contributed by atoms with Crippen LogP contribution in [-0.2, 0) is 17.1 Å². The van der Waals surface area contributed by atoms with E-state index in [0.29, 0.717) is 24.0 Å². The number of hydrogen-bond acceptors (Lipinski definition) is 5. The van der Waals surface area contributed by atoms with Crippen molar-refractivity contribution in [2.24, 2.45) is 0 Å². The van der Waals surface area contributed by atoms with Gasteiger partial charge in [-0.1, -0.05) is 6.07 Å². The van der Waals surface area contributed by atoms with Gasteiger partial charge in [-0.05, 0) is 40.8 Å². The van der Waals surface area contributed by atoms with Gasteiger partial charge in [-0.15, -0.1) is 11.8 Å². The van der Waals surface area contributed by atoms with E-state index in [1.54, 1.807) is 13.2 Å². The van der Waals surface area contributed by atoms with Crippen LogP contribution in [0.25, 0.3) is 0 Å². The van der Waals surface area contributed by atoms with Gasteiger partial charge in [0.05, 0.1) is 21.6 Å². The quantitative estimate of drug-likeness (QED) is 0.612. The van der Waals surface area contributed by atoms with Gasteiger partial charge in [-0.3, -0.25) is 0 Å². The minimum absolute atomic E-state index is 0.252. The summed E-state index contributed by atoms with van der Waals surface area (Å²) in [5.74, 6) is 1.34. The van der Waals surface area contributed by atoms with E-state index in [2.05, 4.69) is 32.6 Å². The van der Waals surface area contributed by atoms with E-state index in [4.69, 9.17) is 10.5 Å². The van der Waals surface area contributed by atoms with Crippen molar-refractivity contribution in [3.8, 4) is 0 Å². The molecule has 0 aliphatic carbocycles. The highest BCUT2D eigenvalue weighted by Gasteiger charge is 2.10. The summed E-state index contributed by atoms with van der Waals surface area (Å²) in [6.45, 7) is 0.391. The highest BCUT2D eigenvalue weighted by Crippen LogP contribution is 2.24. The van der Waals surface area contributed by atoms with Crippen LogP contribution in [0.15, 0.2) is 29.2 Å². The molecule has 20 heavy (non-hydrogen) atoms. The van der Waals surface area contributed by atoms with Gasteiger partial charge in [-0.25, -0.2) is 14.4 Å². The molecule has 2 aromatic rings. The molecule has 7 heteroatoms. The van der Waals surface area contributed by atoms with Gasteiger partial charge in [0.1, 0.15) is 17.5 Å². The maximum atomic E-state index is 13.1. The second-order valence-electron chi connectivity index (χ2n) is 3.96. The van der Waals surface area contributed by atoms with E-state index in [0.717, 1.165) is 14.2 Å². The van der Waals surface area contributed by atoms with Crippen molar-refractivity contribution in [1.29, 1.82) is 0 Å². The van der Waals surface area contributed by atoms with Crippen LogP contribution in [0.5, 0.6) is 0 Å². The summed E-state index contributed by atoms with van der Waals surface area (Å²) in [7, 11) is 1.61. The van der Waals surface area contributed by atoms with Crippen molar-refractivity contribution in [2.45, 2.75) is 17.3 Å². The second-order valence-corrected chi connectivity index (χ2v) is 6.09. The molecule has 0 aliphatic heterocycles. The minimum Gasteiger partial charge on any atom is -0.383 e. The number of anilines is 1. The smallest absolute Gasteiger partial charge is 0.141 e. The molecule has 0 amide bonds. The van der Waals surface area contributed by atoms with Crippen LogP contribution in [0.1, 0.15) is 11.5 Å². The fourth-order valence-corrected chi connectivity index (χ4v) is 2.76. The summed E-state index contributed by atoms with van der Waals surface area (Å²) in [5.41, 5.74) is 6.63. The maximum Gasteiger partial charge on any atom is 0.141 e. The Morgan fingerprint density at radius 1 is 1.40 bits per heavy atom. The van der Waals surface area contributed by atoms with Gasteiger partial charge < -0.3 is 10.5 Å². The molecule has 0 radical (unpaired) electrons. The standard InChI is InChI=1S/C13H13FIN3OS/c1-19-6-10-12(15)13(16)18-11(17-10)7-20-9-4-2-3-8(14)5-9/h2-5H,6-7H2,1H3,(H2,16,17,18). The Morgan fingerprint density at radius 2 is 2.20 bits per heavy atom. The molecule has 0 atom stereocenters. The van der Waals surface area contributed by atoms with E-state index in [1.807, 2.05) is 6.07 Å². The third kappa shape index (κ3) is 4.03. The molecular weight excluding hydrogens is 392 g/mol. The molecule has 2 rings (SSSR count). The number of benzene rings is 1. The number of nitrogen functional groups attached to an aromatic ring is 1. The summed E-state index contributed by atoms with van der Waals surface area (Å²) in [6, 6.07) is 6.42. The average Bonchev–Trinajstić information content (AvgIpc) is 2.42. The van der Waals surface area contributed by atoms with E-state index >= 15 is 0 Å². The molecule has 106 valence electrons. The van der Waals surface area contributed by atoms with Crippen LogP contribution in [0, 0.1) is 9.39 Å². The SMILES string of the molecule is COCc1nc(CSc2cccc(F)c2)nc(N)c1I. The summed E-state index contributed by atoms with van der Waals surface area (Å²) < 4.78 is 19.0. The lowest BCUT2D eigenvalue weighted by atomic mass is 10.4. The molecule has 0 unspecified atom stereocenters. The van der Waals surface area contributed by atoms with Crippen LogP contribution in [-0.4, -0.2) is 17.1 Å². The molecule has 1 heterocycles. The first-order valence-electron chi connectivity index (χ1n) is 5.78. The zero-order valence-electron chi connectivity index (χ0n) is 10.8. The number of halogens is 2. The van der Waals surface area contributed by atoms with Crippen molar-refractivity contribution in [2.75, 3.05) is 12.8 Å². The number of nitrogens with zero attached hydrogens (tertiary/aromatic N) is 2. The zero-order valence-corrected chi connectivity index (χ0v) is 13.7. The number of thioether (sulfide) groups is 1. The Labute approximate surface area is 134 Å². The van der Waals surface area contributed by atoms with E-state index in [1.165, 1.54) is 23.9 Å². The van der Waals surface area contributed by atoms with E-state index < -0.39 is 0 Å². The third-order valence-electron chi connectivity index (χ3n) is 2.44. The van der Waals surface area contributed by atoms with Gasteiger partial charge in [0.25, 0.3) is 0 Å². The zero-order chi connectivity index (χ0) is 14.5. The van der Waals surface area contributed by atoms with E-state index in [9.17, 15) is 4.39 Å². The largest absolute Gasteiger partial charge is 0.383 e. The van der Waals surface area contributed by atoms with Crippen molar-refractivity contribution in [1.82, 2.24) is 9.97 Å². The lowest BCUT2D eigenvalue weighted by Crippen LogP contribution is -2.07. The first kappa shape index (κ1) is 15.5. The molecule has 0 bridgehead atoms. The normalized spacial score (nSPS) is 10.8. The lowest BCUT2D eigenvalue weighted by molar-refractivity contribution is 0.180. The molecule has 1 aromatic heterocycles. The number of ether oxygens (including phenoxy) is 1. The fourth-order valence-electron chi connectivity index (χ4n) is 1.57. The summed E-state index contributed by atoms with van der Waals surface area (Å²) >= 11 is 3.57. The number of methoxy groups -OCH3 is 1. The van der Waals surface area contributed by atoms with Gasteiger partial charge in [0, 0.05) is 12.0 Å². The Morgan fingerprint density at radius 3 is 2.90 bits per heavy atom. The first-order valence-corrected chi connectivity index (χ1v) is 7.84. The Kier molecular flexibility index (Phi) is 5.55. The maximum absolute atomic E-state index is 13.1. The van der Waals surface area contributed by atoms with Crippen LogP contribution in [0.2, 0.25) is 0 Å². The molecule has 0 spiro atoms. The summed E-state index contributed by atoms with van der Waals surface area (Å²) in [5, 5.41) is 0. The van der Waals surface area contributed by atoms with Gasteiger partial charge in [0.2, 0.25) is 0 Å². The Bertz CT molecular complexity index is 612. The molecule has 0 saturated heterocycles. The second kappa shape index (κ2) is 7.19. The topological polar surface area (TPSA) is 61.0 Å². The minimum atomic E-state index is -0.252. The van der Waals surface area contributed by atoms with Crippen LogP contribution in [0.3, 0.4) is 0 Å². The monoisotopic (exact) mass is 405 g/mol. The van der Waals surface area contributed by atoms with Gasteiger partial charge in [-0.2, -0.15) is 0 Å². The van der Waals surface area contributed by atoms with Crippen molar-refractivity contribution < 1.29 is 9.13 Å². The highest BCUT2D eigenvalue weighted by molar-refractivity contribution is 14.1. The molecule has 0 saturated carbocycles. The lowest BCUT2D eigenvalue weighted by Gasteiger charge is -2.08. The van der Waals surface area contributed by atoms with Gasteiger partial charge >= 0.3 is 0 Å². The van der Waals surface area contributed by atoms with E-state index in [-0.39, 0.29) is 5.82 Å². The number of rotatable bonds is 5. The molecular formula is C13H13FIN3OS. The van der Waals surface area contributed by atoms with Gasteiger partial charge in [0.15, 0.2) is 0 Å². The predicted octanol–water partition coefficient (Wildman–Crippen LogP) is 3.24. The Balaban J connectivity index is 2.13. The highest BCUT2D eigenvalue weighted by atomic mass is 127. The molecule has 4 nitrogen and oxygen atoms in total. The fraction of sp³-hybridized carbons (Fsp3) is 0.231. The first-order chi connectivity index (χ1) is 9.60. The third-order valence-corrected chi connectivity index (χ3v) is 4.60. The molecule has 1 aromatic carbocycles. The van der Waals surface area contributed by atoms with Crippen molar-refractivity contribution in [3.63, 3.8) is 0 Å². The number of nitrogens with two attached hydrogens (primary N) is 1. The van der Waals surface area contributed by atoms with Crippen LogP contribution in [0.4, 0.5) is 10.2 Å². The number of hydrogen-bond donors (Lipinski definition) is 1. The predicted molar refractivity (Wildman–Crippen MR) is 85.8 cm³/mol.